The standard InChI is InChI=1S/C21H28N2O4/c1-3-8-20(24)26-14-17(11-18-12-22-15-23-18)19(4-2)21(25)27-13-16-9-6-5-7-10-16/h5-7,9-10,12,15,17,19H,3-4,8,11,13-14H2,1-2H3,(H,22,23)/t17-,19-/m0/s1. The fourth-order valence-corrected chi connectivity index (χ4v) is 3.00. The first-order valence-corrected chi connectivity index (χ1v) is 9.47. The lowest BCUT2D eigenvalue weighted by Crippen LogP contribution is -2.31. The molecule has 0 saturated carbocycles. The van der Waals surface area contributed by atoms with Crippen molar-refractivity contribution in [2.24, 2.45) is 11.8 Å². The molecule has 0 spiro atoms. The molecule has 0 unspecified atom stereocenters. The molecule has 0 radical (unpaired) electrons. The maximum absolute atomic E-state index is 12.7. The van der Waals surface area contributed by atoms with E-state index in [1.807, 2.05) is 44.2 Å². The Hall–Kier alpha value is -2.63. The van der Waals surface area contributed by atoms with Crippen LogP contribution in [0.25, 0.3) is 0 Å². The van der Waals surface area contributed by atoms with Gasteiger partial charge in [-0.2, -0.15) is 0 Å². The van der Waals surface area contributed by atoms with E-state index >= 15 is 0 Å². The molecule has 2 aromatic rings. The van der Waals surface area contributed by atoms with Crippen molar-refractivity contribution in [1.29, 1.82) is 0 Å². The predicted molar refractivity (Wildman–Crippen MR) is 102 cm³/mol. The van der Waals surface area contributed by atoms with Gasteiger partial charge in [0, 0.05) is 24.2 Å². The summed E-state index contributed by atoms with van der Waals surface area (Å²) in [5.74, 6) is -1.03. The topological polar surface area (TPSA) is 81.3 Å². The molecule has 0 aliphatic rings. The summed E-state index contributed by atoms with van der Waals surface area (Å²) in [6.45, 7) is 4.31. The maximum Gasteiger partial charge on any atom is 0.309 e. The molecule has 0 saturated heterocycles. The van der Waals surface area contributed by atoms with Crippen LogP contribution >= 0.6 is 0 Å². The van der Waals surface area contributed by atoms with E-state index in [4.69, 9.17) is 9.47 Å². The van der Waals surface area contributed by atoms with Crippen LogP contribution in [0.5, 0.6) is 0 Å². The first-order valence-electron chi connectivity index (χ1n) is 9.47. The number of H-pyrrole nitrogens is 1. The number of imidazole rings is 1. The smallest absolute Gasteiger partial charge is 0.309 e. The van der Waals surface area contributed by atoms with Gasteiger partial charge >= 0.3 is 11.9 Å². The summed E-state index contributed by atoms with van der Waals surface area (Å²) in [7, 11) is 0. The van der Waals surface area contributed by atoms with E-state index in [-0.39, 0.29) is 37.0 Å². The van der Waals surface area contributed by atoms with Crippen molar-refractivity contribution in [3.05, 3.63) is 54.1 Å². The largest absolute Gasteiger partial charge is 0.465 e. The van der Waals surface area contributed by atoms with Crippen LogP contribution in [0.3, 0.4) is 0 Å². The molecule has 0 fully saturated rings. The molecule has 1 N–H and O–H groups in total. The minimum absolute atomic E-state index is 0.167. The minimum atomic E-state index is -0.355. The second kappa shape index (κ2) is 11.2. The summed E-state index contributed by atoms with van der Waals surface area (Å²) < 4.78 is 10.9. The summed E-state index contributed by atoms with van der Waals surface area (Å²) in [6.07, 6.45) is 5.62. The maximum atomic E-state index is 12.7. The number of esters is 2. The van der Waals surface area contributed by atoms with E-state index in [2.05, 4.69) is 9.97 Å². The van der Waals surface area contributed by atoms with Gasteiger partial charge in [-0.25, -0.2) is 4.98 Å². The Labute approximate surface area is 160 Å². The van der Waals surface area contributed by atoms with Crippen molar-refractivity contribution in [1.82, 2.24) is 9.97 Å². The number of rotatable bonds is 11. The highest BCUT2D eigenvalue weighted by Gasteiger charge is 2.30. The zero-order chi connectivity index (χ0) is 19.5. The fourth-order valence-electron chi connectivity index (χ4n) is 3.00. The van der Waals surface area contributed by atoms with Crippen LogP contribution in [-0.2, 0) is 32.1 Å². The highest BCUT2D eigenvalue weighted by Crippen LogP contribution is 2.23. The SMILES string of the molecule is CCCC(=O)OC[C@H](Cc1cnc[nH]1)[C@H](CC)C(=O)OCc1ccccc1. The molecular weight excluding hydrogens is 344 g/mol. The van der Waals surface area contributed by atoms with E-state index in [0.29, 0.717) is 19.3 Å². The Morgan fingerprint density at radius 2 is 1.93 bits per heavy atom. The molecule has 2 rings (SSSR count). The molecule has 2 atom stereocenters. The molecule has 6 nitrogen and oxygen atoms in total. The zero-order valence-corrected chi connectivity index (χ0v) is 16.0. The number of aromatic nitrogens is 2. The lowest BCUT2D eigenvalue weighted by molar-refractivity contribution is -0.156. The van der Waals surface area contributed by atoms with E-state index < -0.39 is 0 Å². The van der Waals surface area contributed by atoms with Crippen LogP contribution in [-0.4, -0.2) is 28.5 Å². The van der Waals surface area contributed by atoms with Gasteiger partial charge in [0.1, 0.15) is 6.61 Å². The number of benzene rings is 1. The first kappa shape index (κ1) is 20.7. The number of nitrogens with one attached hydrogen (secondary N) is 1. The van der Waals surface area contributed by atoms with Crippen LogP contribution in [0.15, 0.2) is 42.9 Å². The van der Waals surface area contributed by atoms with Crippen LogP contribution in [0.1, 0.15) is 44.4 Å². The molecule has 0 aliphatic heterocycles. The Bertz CT molecular complexity index is 685. The van der Waals surface area contributed by atoms with E-state index in [1.165, 1.54) is 0 Å². The Morgan fingerprint density at radius 3 is 2.56 bits per heavy atom. The van der Waals surface area contributed by atoms with Crippen LogP contribution < -0.4 is 0 Å². The molecule has 1 heterocycles. The highest BCUT2D eigenvalue weighted by molar-refractivity contribution is 5.73. The van der Waals surface area contributed by atoms with Crippen molar-refractivity contribution >= 4 is 11.9 Å². The molecule has 27 heavy (non-hydrogen) atoms. The lowest BCUT2D eigenvalue weighted by atomic mass is 9.87. The van der Waals surface area contributed by atoms with Gasteiger partial charge in [-0.05, 0) is 24.8 Å². The molecule has 6 heteroatoms. The average Bonchev–Trinajstić information content (AvgIpc) is 3.19. The van der Waals surface area contributed by atoms with Gasteiger partial charge in [0.15, 0.2) is 0 Å². The van der Waals surface area contributed by atoms with Gasteiger partial charge in [0.05, 0.1) is 18.9 Å². The van der Waals surface area contributed by atoms with Crippen molar-refractivity contribution in [2.75, 3.05) is 6.61 Å². The summed E-state index contributed by atoms with van der Waals surface area (Å²) >= 11 is 0. The second-order valence-electron chi connectivity index (χ2n) is 6.58. The van der Waals surface area contributed by atoms with Crippen LogP contribution in [0.2, 0.25) is 0 Å². The molecule has 0 amide bonds. The summed E-state index contributed by atoms with van der Waals surface area (Å²) in [4.78, 5) is 31.6. The van der Waals surface area contributed by atoms with Gasteiger partial charge in [-0.15, -0.1) is 0 Å². The summed E-state index contributed by atoms with van der Waals surface area (Å²) in [6, 6.07) is 9.58. The summed E-state index contributed by atoms with van der Waals surface area (Å²) in [5.41, 5.74) is 1.85. The second-order valence-corrected chi connectivity index (χ2v) is 6.58. The molecule has 1 aromatic carbocycles. The van der Waals surface area contributed by atoms with E-state index in [1.54, 1.807) is 12.5 Å². The van der Waals surface area contributed by atoms with Crippen molar-refractivity contribution < 1.29 is 19.1 Å². The van der Waals surface area contributed by atoms with Gasteiger partial charge in [0.2, 0.25) is 0 Å². The molecule has 1 aromatic heterocycles. The lowest BCUT2D eigenvalue weighted by Gasteiger charge is -2.24. The van der Waals surface area contributed by atoms with Gasteiger partial charge in [-0.3, -0.25) is 9.59 Å². The average molecular weight is 372 g/mol. The molecular formula is C21H28N2O4. The third-order valence-electron chi connectivity index (χ3n) is 4.49. The van der Waals surface area contributed by atoms with Crippen molar-refractivity contribution in [3.8, 4) is 0 Å². The highest BCUT2D eigenvalue weighted by atomic mass is 16.5. The molecule has 0 bridgehead atoms. The van der Waals surface area contributed by atoms with Crippen LogP contribution in [0, 0.1) is 11.8 Å². The third-order valence-corrected chi connectivity index (χ3v) is 4.49. The van der Waals surface area contributed by atoms with E-state index in [0.717, 1.165) is 17.7 Å². The quantitative estimate of drug-likeness (QED) is 0.609. The third kappa shape index (κ3) is 6.89. The number of nitrogens with zero attached hydrogens (tertiary/aromatic N) is 1. The summed E-state index contributed by atoms with van der Waals surface area (Å²) in [5, 5.41) is 0. The van der Waals surface area contributed by atoms with Crippen molar-refractivity contribution in [2.45, 2.75) is 46.1 Å². The normalized spacial score (nSPS) is 13.0. The number of aromatic amines is 1. The number of carbonyl (C=O) groups excluding carboxylic acids is 2. The number of carbonyl (C=O) groups is 2. The van der Waals surface area contributed by atoms with Gasteiger partial charge < -0.3 is 14.5 Å². The Kier molecular flexibility index (Phi) is 8.55. The number of hydrogen-bond donors (Lipinski definition) is 1. The van der Waals surface area contributed by atoms with E-state index in [9.17, 15) is 9.59 Å². The Balaban J connectivity index is 2.01. The Morgan fingerprint density at radius 1 is 1.15 bits per heavy atom. The first-order chi connectivity index (χ1) is 13.1. The monoisotopic (exact) mass is 372 g/mol. The number of hydrogen-bond acceptors (Lipinski definition) is 5. The van der Waals surface area contributed by atoms with Crippen molar-refractivity contribution in [3.63, 3.8) is 0 Å². The minimum Gasteiger partial charge on any atom is -0.465 e. The predicted octanol–water partition coefficient (Wildman–Crippen LogP) is 3.68. The fraction of sp³-hybridized carbons (Fsp3) is 0.476. The zero-order valence-electron chi connectivity index (χ0n) is 16.0. The van der Waals surface area contributed by atoms with Crippen LogP contribution in [0.4, 0.5) is 0 Å². The van der Waals surface area contributed by atoms with Gasteiger partial charge in [-0.1, -0.05) is 44.2 Å². The van der Waals surface area contributed by atoms with Gasteiger partial charge in [0.25, 0.3) is 0 Å². The molecule has 146 valence electrons. The number of ether oxygens (including phenoxy) is 2. The molecule has 0 aliphatic carbocycles.